The molecule has 0 bridgehead atoms. The van der Waals surface area contributed by atoms with Gasteiger partial charge in [0.05, 0.1) is 17.0 Å². The van der Waals surface area contributed by atoms with E-state index in [1.165, 1.54) is 12.1 Å². The quantitative estimate of drug-likeness (QED) is 0.816. The molecule has 2 rings (SSSR count). The molecule has 0 spiro atoms. The highest BCUT2D eigenvalue weighted by Gasteiger charge is 2.21. The van der Waals surface area contributed by atoms with Crippen molar-refractivity contribution in [3.8, 4) is 0 Å². The van der Waals surface area contributed by atoms with Gasteiger partial charge in [0.1, 0.15) is 5.76 Å². The first-order valence-corrected chi connectivity index (χ1v) is 9.43. The van der Waals surface area contributed by atoms with Gasteiger partial charge in [-0.05, 0) is 25.1 Å². The number of aryl methyl sites for hydroxylation is 1. The number of hydrogen-bond donors (Lipinski definition) is 1. The van der Waals surface area contributed by atoms with Crippen molar-refractivity contribution in [1.29, 1.82) is 0 Å². The molecule has 10 heteroatoms. The third-order valence-electron chi connectivity index (χ3n) is 3.01. The van der Waals surface area contributed by atoms with Crippen LogP contribution in [0.1, 0.15) is 12.2 Å². The van der Waals surface area contributed by atoms with Crippen molar-refractivity contribution in [1.82, 2.24) is 5.16 Å². The molecule has 0 unspecified atom stereocenters. The van der Waals surface area contributed by atoms with E-state index in [0.29, 0.717) is 10.8 Å². The number of benzene rings is 1. The van der Waals surface area contributed by atoms with Crippen LogP contribution in [0.4, 0.5) is 11.5 Å². The van der Waals surface area contributed by atoms with E-state index in [0.717, 1.165) is 10.6 Å². The topological polar surface area (TPSA) is 92.5 Å². The van der Waals surface area contributed by atoms with Crippen molar-refractivity contribution in [2.45, 2.75) is 13.3 Å². The lowest BCUT2D eigenvalue weighted by molar-refractivity contribution is -0.116. The second-order valence-electron chi connectivity index (χ2n) is 5.05. The Labute approximate surface area is 149 Å². The van der Waals surface area contributed by atoms with E-state index >= 15 is 0 Å². The molecule has 1 aromatic carbocycles. The summed E-state index contributed by atoms with van der Waals surface area (Å²) in [5.74, 6) is 0.410. The van der Waals surface area contributed by atoms with E-state index in [4.69, 9.17) is 27.7 Å². The van der Waals surface area contributed by atoms with E-state index in [-0.39, 0.29) is 29.5 Å². The Hall–Kier alpha value is -1.77. The average Bonchev–Trinajstić information content (AvgIpc) is 2.86. The SMILES string of the molecule is Cc1cc(NC(=O)CCN(c2cc(Cl)ccc2Cl)S(C)(=O)=O)no1. The van der Waals surface area contributed by atoms with Crippen LogP contribution in [0.2, 0.25) is 10.0 Å². The largest absolute Gasteiger partial charge is 0.360 e. The smallest absolute Gasteiger partial charge is 0.232 e. The zero-order chi connectivity index (χ0) is 17.9. The number of amides is 1. The van der Waals surface area contributed by atoms with Crippen LogP contribution in [0, 0.1) is 6.92 Å². The zero-order valence-corrected chi connectivity index (χ0v) is 15.2. The minimum absolute atomic E-state index is 0.0954. The number of carbonyl (C=O) groups is 1. The Morgan fingerprint density at radius 3 is 2.62 bits per heavy atom. The molecule has 0 radical (unpaired) electrons. The van der Waals surface area contributed by atoms with Gasteiger partial charge in [-0.25, -0.2) is 8.42 Å². The third kappa shape index (κ3) is 4.86. The van der Waals surface area contributed by atoms with Crippen LogP contribution in [0.5, 0.6) is 0 Å². The van der Waals surface area contributed by atoms with Gasteiger partial charge in [-0.2, -0.15) is 0 Å². The van der Waals surface area contributed by atoms with E-state index in [2.05, 4.69) is 10.5 Å². The molecule has 0 fully saturated rings. The third-order valence-corrected chi connectivity index (χ3v) is 4.75. The number of aromatic nitrogens is 1. The normalized spacial score (nSPS) is 11.3. The lowest BCUT2D eigenvalue weighted by Gasteiger charge is -2.23. The molecule has 0 atom stereocenters. The minimum Gasteiger partial charge on any atom is -0.360 e. The minimum atomic E-state index is -3.65. The van der Waals surface area contributed by atoms with Gasteiger partial charge in [-0.15, -0.1) is 0 Å². The van der Waals surface area contributed by atoms with Crippen LogP contribution in [0.3, 0.4) is 0 Å². The van der Waals surface area contributed by atoms with Crippen molar-refractivity contribution < 1.29 is 17.7 Å². The van der Waals surface area contributed by atoms with E-state index in [1.807, 2.05) is 0 Å². The Kier molecular flexibility index (Phi) is 5.74. The van der Waals surface area contributed by atoms with Gasteiger partial charge in [-0.1, -0.05) is 28.4 Å². The van der Waals surface area contributed by atoms with Gasteiger partial charge in [-0.3, -0.25) is 9.10 Å². The maximum absolute atomic E-state index is 12.0. The molecule has 1 heterocycles. The van der Waals surface area contributed by atoms with Gasteiger partial charge in [0, 0.05) is 24.1 Å². The van der Waals surface area contributed by atoms with Gasteiger partial charge in [0.15, 0.2) is 5.82 Å². The van der Waals surface area contributed by atoms with Crippen LogP contribution < -0.4 is 9.62 Å². The number of carbonyl (C=O) groups excluding carboxylic acids is 1. The summed E-state index contributed by atoms with van der Waals surface area (Å²) in [7, 11) is -3.65. The number of halogens is 2. The van der Waals surface area contributed by atoms with E-state index < -0.39 is 15.9 Å². The van der Waals surface area contributed by atoms with Crippen molar-refractivity contribution in [3.05, 3.63) is 40.1 Å². The molecule has 0 aliphatic heterocycles. The first-order valence-electron chi connectivity index (χ1n) is 6.83. The Bertz CT molecular complexity index is 851. The highest BCUT2D eigenvalue weighted by atomic mass is 35.5. The van der Waals surface area contributed by atoms with Crippen molar-refractivity contribution >= 4 is 50.6 Å². The molecular formula is C14H15Cl2N3O4S. The summed E-state index contributed by atoms with van der Waals surface area (Å²) >= 11 is 12.0. The van der Waals surface area contributed by atoms with Crippen LogP contribution in [0.15, 0.2) is 28.8 Å². The summed E-state index contributed by atoms with van der Waals surface area (Å²) in [5.41, 5.74) is 0.219. The fourth-order valence-electron chi connectivity index (χ4n) is 1.98. The van der Waals surface area contributed by atoms with Crippen molar-refractivity contribution in [2.24, 2.45) is 0 Å². The van der Waals surface area contributed by atoms with E-state index in [9.17, 15) is 13.2 Å². The summed E-state index contributed by atoms with van der Waals surface area (Å²) in [6.07, 6.45) is 0.935. The second-order valence-corrected chi connectivity index (χ2v) is 7.80. The monoisotopic (exact) mass is 391 g/mol. The zero-order valence-electron chi connectivity index (χ0n) is 12.9. The Balaban J connectivity index is 2.13. The van der Waals surface area contributed by atoms with E-state index in [1.54, 1.807) is 19.1 Å². The molecule has 1 aromatic heterocycles. The highest BCUT2D eigenvalue weighted by Crippen LogP contribution is 2.30. The number of nitrogens with one attached hydrogen (secondary N) is 1. The lowest BCUT2D eigenvalue weighted by atomic mass is 10.3. The summed E-state index contributed by atoms with van der Waals surface area (Å²) in [5, 5.41) is 6.72. The number of sulfonamides is 1. The molecule has 0 aliphatic rings. The highest BCUT2D eigenvalue weighted by molar-refractivity contribution is 7.92. The molecule has 1 N–H and O–H groups in total. The molecule has 2 aromatic rings. The fraction of sp³-hybridized carbons (Fsp3) is 0.286. The van der Waals surface area contributed by atoms with Gasteiger partial charge in [0.25, 0.3) is 0 Å². The molecule has 130 valence electrons. The maximum atomic E-state index is 12.0. The first-order chi connectivity index (χ1) is 11.2. The summed E-state index contributed by atoms with van der Waals surface area (Å²) < 4.78 is 29.9. The maximum Gasteiger partial charge on any atom is 0.232 e. The van der Waals surface area contributed by atoms with Crippen LogP contribution >= 0.6 is 23.2 Å². The van der Waals surface area contributed by atoms with Crippen LogP contribution in [0.25, 0.3) is 0 Å². The molecule has 0 aliphatic carbocycles. The van der Waals surface area contributed by atoms with Gasteiger partial charge >= 0.3 is 0 Å². The number of anilines is 2. The predicted molar refractivity (Wildman–Crippen MR) is 93.1 cm³/mol. The van der Waals surface area contributed by atoms with Gasteiger partial charge < -0.3 is 9.84 Å². The van der Waals surface area contributed by atoms with Crippen LogP contribution in [-0.4, -0.2) is 32.3 Å². The molecule has 7 nitrogen and oxygen atoms in total. The number of rotatable bonds is 6. The summed E-state index contributed by atoms with van der Waals surface area (Å²) in [6, 6.07) is 6.03. The molecule has 0 saturated carbocycles. The Morgan fingerprint density at radius 2 is 2.04 bits per heavy atom. The lowest BCUT2D eigenvalue weighted by Crippen LogP contribution is -2.33. The van der Waals surface area contributed by atoms with Gasteiger partial charge in [0.2, 0.25) is 15.9 Å². The number of hydrogen-bond acceptors (Lipinski definition) is 5. The second kappa shape index (κ2) is 7.42. The molecule has 24 heavy (non-hydrogen) atoms. The summed E-state index contributed by atoms with van der Waals surface area (Å²) in [6.45, 7) is 1.59. The van der Waals surface area contributed by atoms with Crippen LogP contribution in [-0.2, 0) is 14.8 Å². The molecule has 0 saturated heterocycles. The van der Waals surface area contributed by atoms with Crippen molar-refractivity contribution in [3.63, 3.8) is 0 Å². The fourth-order valence-corrected chi connectivity index (χ4v) is 3.34. The summed E-state index contributed by atoms with van der Waals surface area (Å²) in [4.78, 5) is 12.0. The number of nitrogens with zero attached hydrogens (tertiary/aromatic N) is 2. The average molecular weight is 392 g/mol. The first kappa shape index (κ1) is 18.6. The van der Waals surface area contributed by atoms with Crippen molar-refractivity contribution in [2.75, 3.05) is 22.4 Å². The Morgan fingerprint density at radius 1 is 1.33 bits per heavy atom. The standard InChI is InChI=1S/C14H15Cl2N3O4S/c1-9-7-13(18-23-9)17-14(20)5-6-19(24(2,21)22)12-8-10(15)3-4-11(12)16/h3-4,7-8H,5-6H2,1-2H3,(H,17,18,20). The molecular weight excluding hydrogens is 377 g/mol. The molecule has 1 amide bonds. The predicted octanol–water partition coefficient (Wildman–Crippen LogP) is 3.08.